The predicted octanol–water partition coefficient (Wildman–Crippen LogP) is 4.84. The first kappa shape index (κ1) is 21.2. The van der Waals surface area contributed by atoms with Crippen molar-refractivity contribution in [3.05, 3.63) is 60.8 Å². The lowest BCUT2D eigenvalue weighted by Crippen LogP contribution is -2.16. The fraction of sp³-hybridized carbons (Fsp3) is 0.346. The van der Waals surface area contributed by atoms with Crippen LogP contribution in [0.15, 0.2) is 55.2 Å². The van der Waals surface area contributed by atoms with Crippen LogP contribution in [0.25, 0.3) is 27.9 Å². The standard InChI is InChI=1S/C22H19N5O.C4H9N/c1-28-21-9-19(16-7-5-15(10-23)6-8-16)22(26-14-24-12-20(21)26)17-11-25-27(13-17)18-3-2-4-18;1-2-4-5-3-1/h5-9,11-14,18H,2-4H2,1H3;5H,1-4H2. The van der Waals surface area contributed by atoms with E-state index in [4.69, 9.17) is 10.00 Å². The number of imidazole rings is 1. The van der Waals surface area contributed by atoms with Crippen LogP contribution in [-0.2, 0) is 0 Å². The zero-order valence-electron chi connectivity index (χ0n) is 18.9. The van der Waals surface area contributed by atoms with E-state index in [1.807, 2.05) is 36.5 Å². The van der Waals surface area contributed by atoms with Crippen LogP contribution in [0.4, 0.5) is 0 Å². The molecule has 0 atom stereocenters. The van der Waals surface area contributed by atoms with Crippen molar-refractivity contribution in [2.24, 2.45) is 0 Å². The molecule has 1 saturated heterocycles. The molecule has 7 nitrogen and oxygen atoms in total. The van der Waals surface area contributed by atoms with Gasteiger partial charge in [-0.05, 0) is 69.0 Å². The third kappa shape index (κ3) is 4.22. The van der Waals surface area contributed by atoms with Gasteiger partial charge in [-0.3, -0.25) is 9.08 Å². The summed E-state index contributed by atoms with van der Waals surface area (Å²) in [5.74, 6) is 0.756. The fourth-order valence-corrected chi connectivity index (χ4v) is 4.40. The third-order valence-corrected chi connectivity index (χ3v) is 6.49. The molecule has 0 bridgehead atoms. The van der Waals surface area contributed by atoms with E-state index >= 15 is 0 Å². The van der Waals surface area contributed by atoms with Crippen LogP contribution in [0.5, 0.6) is 5.75 Å². The second kappa shape index (κ2) is 9.47. The Kier molecular flexibility index (Phi) is 6.09. The smallest absolute Gasteiger partial charge is 0.145 e. The number of fused-ring (bicyclic) bond motifs is 1. The molecule has 6 rings (SSSR count). The first-order chi connectivity index (χ1) is 16.3. The Bertz CT molecular complexity index is 1260. The Labute approximate surface area is 193 Å². The first-order valence-corrected chi connectivity index (χ1v) is 11.6. The second-order valence-corrected chi connectivity index (χ2v) is 8.56. The fourth-order valence-electron chi connectivity index (χ4n) is 4.40. The van der Waals surface area contributed by atoms with Gasteiger partial charge in [0.25, 0.3) is 0 Å². The lowest BCUT2D eigenvalue weighted by Gasteiger charge is -2.25. The molecule has 3 aromatic heterocycles. The molecule has 1 aromatic carbocycles. The van der Waals surface area contributed by atoms with Crippen LogP contribution in [0.3, 0.4) is 0 Å². The van der Waals surface area contributed by atoms with Crippen LogP contribution >= 0.6 is 0 Å². The number of pyridine rings is 1. The van der Waals surface area contributed by atoms with Gasteiger partial charge in [0.1, 0.15) is 11.3 Å². The van der Waals surface area contributed by atoms with Crippen LogP contribution < -0.4 is 10.1 Å². The van der Waals surface area contributed by atoms with Crippen LogP contribution in [0, 0.1) is 11.3 Å². The highest BCUT2D eigenvalue weighted by molar-refractivity contribution is 5.85. The van der Waals surface area contributed by atoms with Crippen molar-refractivity contribution in [1.29, 1.82) is 5.26 Å². The summed E-state index contributed by atoms with van der Waals surface area (Å²) in [6, 6.07) is 12.3. The predicted molar refractivity (Wildman–Crippen MR) is 128 cm³/mol. The topological polar surface area (TPSA) is 80.2 Å². The number of methoxy groups -OCH3 is 1. The summed E-state index contributed by atoms with van der Waals surface area (Å²) >= 11 is 0. The number of ether oxygens (including phenoxy) is 1. The summed E-state index contributed by atoms with van der Waals surface area (Å²) in [5.41, 5.74) is 5.63. The zero-order valence-corrected chi connectivity index (χ0v) is 18.9. The van der Waals surface area contributed by atoms with Crippen LogP contribution in [0.1, 0.15) is 43.7 Å². The highest BCUT2D eigenvalue weighted by Crippen LogP contribution is 2.39. The summed E-state index contributed by atoms with van der Waals surface area (Å²) in [6.07, 6.45) is 14.1. The molecule has 4 aromatic rings. The van der Waals surface area contributed by atoms with E-state index in [0.717, 1.165) is 33.7 Å². The summed E-state index contributed by atoms with van der Waals surface area (Å²) in [7, 11) is 1.67. The molecule has 0 spiro atoms. The number of rotatable bonds is 4. The first-order valence-electron chi connectivity index (χ1n) is 11.6. The van der Waals surface area contributed by atoms with E-state index in [1.54, 1.807) is 19.6 Å². The lowest BCUT2D eigenvalue weighted by molar-refractivity contribution is 0.289. The average Bonchev–Trinajstić information content (AvgIpc) is 3.60. The highest BCUT2D eigenvalue weighted by Gasteiger charge is 2.22. The molecule has 1 N–H and O–H groups in total. The van der Waals surface area contributed by atoms with E-state index < -0.39 is 0 Å². The zero-order chi connectivity index (χ0) is 22.6. The van der Waals surface area contributed by atoms with Gasteiger partial charge in [-0.15, -0.1) is 0 Å². The van der Waals surface area contributed by atoms with Crippen molar-refractivity contribution in [2.45, 2.75) is 38.1 Å². The summed E-state index contributed by atoms with van der Waals surface area (Å²) in [4.78, 5) is 4.34. The summed E-state index contributed by atoms with van der Waals surface area (Å²) in [6.45, 7) is 2.50. The number of aromatic nitrogens is 4. The minimum atomic E-state index is 0.503. The normalized spacial score (nSPS) is 15.5. The molecule has 4 heterocycles. The number of benzene rings is 1. The maximum absolute atomic E-state index is 9.12. The average molecular weight is 441 g/mol. The van der Waals surface area contributed by atoms with Gasteiger partial charge in [0.15, 0.2) is 0 Å². The molecule has 7 heteroatoms. The summed E-state index contributed by atoms with van der Waals surface area (Å²) < 4.78 is 9.75. The molecule has 1 aliphatic carbocycles. The van der Waals surface area contributed by atoms with Crippen molar-refractivity contribution >= 4 is 5.52 Å². The van der Waals surface area contributed by atoms with E-state index in [-0.39, 0.29) is 0 Å². The van der Waals surface area contributed by atoms with Crippen molar-refractivity contribution in [3.63, 3.8) is 0 Å². The SMILES string of the molecule is C1CCNC1.COc1cc(-c2ccc(C#N)cc2)c(-c2cnn(C3CCC3)c2)n2cncc12. The van der Waals surface area contributed by atoms with Gasteiger partial charge in [0.05, 0.1) is 49.2 Å². The Morgan fingerprint density at radius 1 is 1.06 bits per heavy atom. The van der Waals surface area contributed by atoms with E-state index in [9.17, 15) is 0 Å². The molecule has 0 radical (unpaired) electrons. The van der Waals surface area contributed by atoms with Gasteiger partial charge in [0.2, 0.25) is 0 Å². The van der Waals surface area contributed by atoms with Crippen molar-refractivity contribution < 1.29 is 4.74 Å². The highest BCUT2D eigenvalue weighted by atomic mass is 16.5. The molecule has 1 aliphatic heterocycles. The van der Waals surface area contributed by atoms with Crippen LogP contribution in [-0.4, -0.2) is 39.4 Å². The van der Waals surface area contributed by atoms with Crippen molar-refractivity contribution in [2.75, 3.05) is 20.2 Å². The van der Waals surface area contributed by atoms with Gasteiger partial charge in [0, 0.05) is 17.3 Å². The van der Waals surface area contributed by atoms with E-state index in [2.05, 4.69) is 36.7 Å². The Morgan fingerprint density at radius 3 is 2.45 bits per heavy atom. The monoisotopic (exact) mass is 440 g/mol. The number of nitrogens with zero attached hydrogens (tertiary/aromatic N) is 5. The van der Waals surface area contributed by atoms with Crippen molar-refractivity contribution in [3.8, 4) is 34.2 Å². The molecule has 1 saturated carbocycles. The van der Waals surface area contributed by atoms with Gasteiger partial charge in [-0.1, -0.05) is 12.1 Å². The van der Waals surface area contributed by atoms with Gasteiger partial charge in [-0.2, -0.15) is 10.4 Å². The maximum Gasteiger partial charge on any atom is 0.145 e. The number of nitriles is 1. The largest absolute Gasteiger partial charge is 0.494 e. The Hall–Kier alpha value is -3.63. The third-order valence-electron chi connectivity index (χ3n) is 6.49. The number of hydrogen-bond donors (Lipinski definition) is 1. The Morgan fingerprint density at radius 2 is 1.85 bits per heavy atom. The van der Waals surface area contributed by atoms with Crippen LogP contribution in [0.2, 0.25) is 0 Å². The molecule has 168 valence electrons. The molecule has 2 fully saturated rings. The Balaban J connectivity index is 0.000000406. The van der Waals surface area contributed by atoms with Gasteiger partial charge in [-0.25, -0.2) is 4.98 Å². The number of hydrogen-bond acceptors (Lipinski definition) is 5. The molecule has 33 heavy (non-hydrogen) atoms. The summed E-state index contributed by atoms with van der Waals surface area (Å²) in [5, 5.41) is 17.0. The second-order valence-electron chi connectivity index (χ2n) is 8.56. The minimum absolute atomic E-state index is 0.503. The van der Waals surface area contributed by atoms with E-state index in [1.165, 1.54) is 45.2 Å². The number of nitrogens with one attached hydrogen (secondary N) is 1. The molecular formula is C26H28N6O. The molecule has 2 aliphatic rings. The maximum atomic E-state index is 9.12. The van der Waals surface area contributed by atoms with Crippen molar-refractivity contribution in [1.82, 2.24) is 24.5 Å². The molecular weight excluding hydrogens is 412 g/mol. The lowest BCUT2D eigenvalue weighted by atomic mass is 9.93. The quantitative estimate of drug-likeness (QED) is 0.491. The molecule has 0 amide bonds. The minimum Gasteiger partial charge on any atom is -0.494 e. The van der Waals surface area contributed by atoms with E-state index in [0.29, 0.717) is 11.6 Å². The molecule has 0 unspecified atom stereocenters. The van der Waals surface area contributed by atoms with Gasteiger partial charge >= 0.3 is 0 Å². The van der Waals surface area contributed by atoms with Gasteiger partial charge < -0.3 is 10.1 Å².